The van der Waals surface area contributed by atoms with E-state index >= 15 is 0 Å². The number of ether oxygens (including phenoxy) is 2. The van der Waals surface area contributed by atoms with E-state index in [1.165, 1.54) is 0 Å². The predicted molar refractivity (Wildman–Crippen MR) is 118 cm³/mol. The zero-order chi connectivity index (χ0) is 20.1. The zero-order valence-electron chi connectivity index (χ0n) is 17.1. The lowest BCUT2D eigenvalue weighted by molar-refractivity contribution is -0.137. The molecule has 0 atom stereocenters. The number of nitrogens with zero attached hydrogens (tertiary/aromatic N) is 3. The highest BCUT2D eigenvalue weighted by atomic mass is 32.2. The van der Waals surface area contributed by atoms with E-state index in [1.54, 1.807) is 11.8 Å². The van der Waals surface area contributed by atoms with Crippen molar-refractivity contribution < 1.29 is 14.3 Å². The van der Waals surface area contributed by atoms with Gasteiger partial charge in [-0.3, -0.25) is 0 Å². The van der Waals surface area contributed by atoms with E-state index in [9.17, 15) is 4.79 Å². The maximum Gasteiger partial charge on any atom is 0.346 e. The summed E-state index contributed by atoms with van der Waals surface area (Å²) in [5.41, 5.74) is 1.95. The lowest BCUT2D eigenvalue weighted by atomic mass is 10.2. The minimum atomic E-state index is -1.09. The van der Waals surface area contributed by atoms with Crippen molar-refractivity contribution in [1.29, 1.82) is 0 Å². The Morgan fingerprint density at radius 3 is 2.89 bits per heavy atom. The van der Waals surface area contributed by atoms with Gasteiger partial charge in [-0.1, -0.05) is 19.6 Å². The van der Waals surface area contributed by atoms with Crippen LogP contribution < -0.4 is 4.90 Å². The van der Waals surface area contributed by atoms with Crippen molar-refractivity contribution in [2.24, 2.45) is 0 Å². The first-order valence-corrected chi connectivity index (χ1v) is 14.4. The smallest absolute Gasteiger partial charge is 0.346 e. The summed E-state index contributed by atoms with van der Waals surface area (Å²) in [6.07, 6.45) is 5.73. The van der Waals surface area contributed by atoms with Crippen LogP contribution in [0.3, 0.4) is 0 Å². The lowest BCUT2D eigenvalue weighted by Crippen LogP contribution is -2.25. The first kappa shape index (κ1) is 20.9. The number of fused-ring (bicyclic) bond motifs is 1. The average molecular weight is 420 g/mol. The minimum Gasteiger partial charge on any atom is -0.462 e. The zero-order valence-corrected chi connectivity index (χ0v) is 18.9. The molecule has 1 aliphatic rings. The Kier molecular flexibility index (Phi) is 6.85. The Morgan fingerprint density at radius 1 is 1.32 bits per heavy atom. The molecule has 0 fully saturated rings. The fourth-order valence-corrected chi connectivity index (χ4v) is 4.62. The summed E-state index contributed by atoms with van der Waals surface area (Å²) in [5.74, 6) is 0.588. The number of anilines is 1. The van der Waals surface area contributed by atoms with E-state index in [1.807, 2.05) is 36.2 Å². The summed E-state index contributed by atoms with van der Waals surface area (Å²) in [7, 11) is -1.09. The third-order valence-electron chi connectivity index (χ3n) is 4.51. The molecular formula is C20H29N3O3SSi. The van der Waals surface area contributed by atoms with E-state index < -0.39 is 8.07 Å². The fraction of sp³-hybridized carbons (Fsp3) is 0.500. The van der Waals surface area contributed by atoms with Gasteiger partial charge in [-0.05, 0) is 25.1 Å². The van der Waals surface area contributed by atoms with Crippen LogP contribution in [-0.2, 0) is 21.0 Å². The molecule has 2 aromatic rings. The fourth-order valence-electron chi connectivity index (χ4n) is 2.97. The first-order valence-electron chi connectivity index (χ1n) is 9.69. The van der Waals surface area contributed by atoms with Gasteiger partial charge in [0.25, 0.3) is 0 Å². The number of aromatic nitrogens is 2. The molecule has 0 radical (unpaired) electrons. The van der Waals surface area contributed by atoms with E-state index in [0.717, 1.165) is 41.7 Å². The molecule has 152 valence electrons. The van der Waals surface area contributed by atoms with E-state index in [-0.39, 0.29) is 5.97 Å². The number of hydrogen-bond acceptors (Lipinski definition) is 6. The highest BCUT2D eigenvalue weighted by molar-refractivity contribution is 8.04. The van der Waals surface area contributed by atoms with Crippen molar-refractivity contribution in [2.75, 3.05) is 30.4 Å². The Balaban J connectivity index is 1.77. The van der Waals surface area contributed by atoms with Crippen LogP contribution in [0.1, 0.15) is 6.92 Å². The molecule has 1 aliphatic heterocycles. The van der Waals surface area contributed by atoms with Crippen molar-refractivity contribution in [1.82, 2.24) is 9.55 Å². The molecule has 2 aromatic heterocycles. The third-order valence-corrected chi connectivity index (χ3v) is 7.19. The van der Waals surface area contributed by atoms with Gasteiger partial charge in [0.05, 0.1) is 12.3 Å². The largest absolute Gasteiger partial charge is 0.462 e. The Morgan fingerprint density at radius 2 is 2.14 bits per heavy atom. The monoisotopic (exact) mass is 419 g/mol. The average Bonchev–Trinajstić information content (AvgIpc) is 3.08. The van der Waals surface area contributed by atoms with Crippen LogP contribution in [0.25, 0.3) is 11.0 Å². The highest BCUT2D eigenvalue weighted by Gasteiger charge is 2.21. The number of hydrogen-bond donors (Lipinski definition) is 0. The van der Waals surface area contributed by atoms with Gasteiger partial charge in [-0.15, -0.1) is 11.8 Å². The molecule has 0 saturated heterocycles. The van der Waals surface area contributed by atoms with Crippen molar-refractivity contribution in [2.45, 2.75) is 39.3 Å². The van der Waals surface area contributed by atoms with Crippen LogP contribution in [-0.4, -0.2) is 49.1 Å². The van der Waals surface area contributed by atoms with Crippen molar-refractivity contribution in [3.8, 4) is 0 Å². The molecule has 3 heterocycles. The summed E-state index contributed by atoms with van der Waals surface area (Å²) < 4.78 is 13.1. The van der Waals surface area contributed by atoms with Gasteiger partial charge in [0.1, 0.15) is 17.3 Å². The lowest BCUT2D eigenvalue weighted by Gasteiger charge is -2.26. The van der Waals surface area contributed by atoms with Crippen LogP contribution in [0.4, 0.5) is 5.69 Å². The molecule has 0 bridgehead atoms. The molecule has 28 heavy (non-hydrogen) atoms. The third kappa shape index (κ3) is 5.18. The van der Waals surface area contributed by atoms with E-state index in [0.29, 0.717) is 18.2 Å². The number of thioether (sulfide) groups is 1. The Labute approximate surface area is 171 Å². The summed E-state index contributed by atoms with van der Waals surface area (Å²) in [6.45, 7) is 11.4. The minimum absolute atomic E-state index is 0.254. The number of carbonyl (C=O) groups excluding carboxylic acids is 1. The Bertz CT molecular complexity index is 860. The van der Waals surface area contributed by atoms with Crippen molar-refractivity contribution >= 4 is 42.5 Å². The normalized spacial score (nSPS) is 15.0. The topological polar surface area (TPSA) is 56.6 Å². The number of carbonyl (C=O) groups is 1. The van der Waals surface area contributed by atoms with E-state index in [4.69, 9.17) is 9.47 Å². The molecule has 6 nitrogen and oxygen atoms in total. The molecular weight excluding hydrogens is 390 g/mol. The molecule has 3 rings (SSSR count). The summed E-state index contributed by atoms with van der Waals surface area (Å²) in [5, 5.41) is 1.06. The predicted octanol–water partition coefficient (Wildman–Crippen LogP) is 4.31. The second-order valence-electron chi connectivity index (χ2n) is 7.96. The second-order valence-corrected chi connectivity index (χ2v) is 14.7. The van der Waals surface area contributed by atoms with Gasteiger partial charge >= 0.3 is 5.97 Å². The van der Waals surface area contributed by atoms with Crippen LogP contribution in [0.2, 0.25) is 25.7 Å². The van der Waals surface area contributed by atoms with Crippen LogP contribution in [0, 0.1) is 0 Å². The maximum atomic E-state index is 12.1. The van der Waals surface area contributed by atoms with Gasteiger partial charge in [-0.2, -0.15) is 0 Å². The summed E-state index contributed by atoms with van der Waals surface area (Å²) in [4.78, 5) is 19.4. The molecule has 0 N–H and O–H groups in total. The first-order chi connectivity index (χ1) is 13.4. The Hall–Kier alpha value is -1.77. The molecule has 0 aromatic carbocycles. The standard InChI is InChI=1S/C20H29N3O3SSi/c1-5-26-20(24)18-14-22(10-12-27-18)17-6-8-21-19-16(17)7-9-23(19)15-25-11-13-28(2,3)4/h6-9,14H,5,10-13,15H2,1-4H3. The van der Waals surface area contributed by atoms with Crippen LogP contribution >= 0.6 is 11.8 Å². The summed E-state index contributed by atoms with van der Waals surface area (Å²) in [6, 6.07) is 5.21. The number of esters is 1. The highest BCUT2D eigenvalue weighted by Crippen LogP contribution is 2.31. The molecule has 0 amide bonds. The number of pyridine rings is 1. The van der Waals surface area contributed by atoms with Gasteiger partial charge in [0.15, 0.2) is 0 Å². The van der Waals surface area contributed by atoms with Crippen molar-refractivity contribution in [3.05, 3.63) is 35.6 Å². The van der Waals surface area contributed by atoms with Gasteiger partial charge in [-0.25, -0.2) is 9.78 Å². The van der Waals surface area contributed by atoms with E-state index in [2.05, 4.69) is 35.6 Å². The SMILES string of the molecule is CCOC(=O)C1=CN(c2ccnc3c2ccn3COCC[Si](C)(C)C)CCS1. The maximum absolute atomic E-state index is 12.1. The molecule has 0 spiro atoms. The van der Waals surface area contributed by atoms with Crippen LogP contribution in [0.15, 0.2) is 35.6 Å². The second kappa shape index (κ2) is 9.15. The molecule has 0 aliphatic carbocycles. The van der Waals surface area contributed by atoms with Crippen LogP contribution in [0.5, 0.6) is 0 Å². The molecule has 0 saturated carbocycles. The number of rotatable bonds is 8. The van der Waals surface area contributed by atoms with Crippen molar-refractivity contribution in [3.63, 3.8) is 0 Å². The quantitative estimate of drug-likeness (QED) is 0.361. The molecule has 0 unspecified atom stereocenters. The summed E-state index contributed by atoms with van der Waals surface area (Å²) >= 11 is 1.54. The van der Waals surface area contributed by atoms with Gasteiger partial charge in [0.2, 0.25) is 0 Å². The molecule has 8 heteroatoms. The van der Waals surface area contributed by atoms with Gasteiger partial charge < -0.3 is 18.9 Å². The van der Waals surface area contributed by atoms with Gasteiger partial charge in [0, 0.05) is 51.0 Å².